The first-order chi connectivity index (χ1) is 21.7. The van der Waals surface area contributed by atoms with Gasteiger partial charge >= 0.3 is 0 Å². The monoisotopic (exact) mass is 649 g/mol. The molecule has 1 heterocycles. The second-order valence-corrected chi connectivity index (χ2v) is 17.5. The van der Waals surface area contributed by atoms with Crippen molar-refractivity contribution in [2.24, 2.45) is 58.7 Å². The largest absolute Gasteiger partial charge is 0.394 e. The molecule has 0 aromatic carbocycles. The normalized spacial score (nSPS) is 43.5. The van der Waals surface area contributed by atoms with Crippen LogP contribution in [-0.2, 0) is 14.4 Å². The van der Waals surface area contributed by atoms with E-state index in [4.69, 9.17) is 9.57 Å². The van der Waals surface area contributed by atoms with Crippen LogP contribution in [-0.4, -0.2) is 123 Å². The molecule has 5 saturated carbocycles. The number of carbonyl (C=O) groups excluding carboxylic acids is 1. The van der Waals surface area contributed by atoms with Gasteiger partial charge in [0.05, 0.1) is 18.8 Å². The topological polar surface area (TPSA) is 97.7 Å². The molecule has 1 saturated heterocycles. The Kier molecular flexibility index (Phi) is 11.9. The van der Waals surface area contributed by atoms with E-state index < -0.39 is 24.2 Å². The predicted octanol–water partition coefficient (Wildman–Crippen LogP) is 3.73. The number of hydrogen-bond donors (Lipinski definition) is 3. The molecule has 3 N–H and O–H groups in total. The average Bonchev–Trinajstić information content (AvgIpc) is 3.35. The Balaban J connectivity index is 1.32. The smallest absolute Gasteiger partial charge is 0.240 e. The zero-order valence-corrected chi connectivity index (χ0v) is 30.5. The molecule has 0 aromatic heterocycles. The van der Waals surface area contributed by atoms with Gasteiger partial charge in [-0.05, 0) is 127 Å². The lowest BCUT2D eigenvalue weighted by atomic mass is 9.45. The van der Waals surface area contributed by atoms with Crippen molar-refractivity contribution in [3.8, 4) is 0 Å². The van der Waals surface area contributed by atoms with E-state index in [1.54, 1.807) is 6.92 Å². The zero-order valence-electron chi connectivity index (χ0n) is 30.5. The van der Waals surface area contributed by atoms with Crippen LogP contribution in [0.4, 0.5) is 0 Å². The minimum Gasteiger partial charge on any atom is -0.394 e. The molecule has 2 bridgehead atoms. The van der Waals surface area contributed by atoms with Gasteiger partial charge < -0.3 is 30.1 Å². The molecule has 46 heavy (non-hydrogen) atoms. The van der Waals surface area contributed by atoms with Crippen LogP contribution in [0.1, 0.15) is 79.1 Å². The van der Waals surface area contributed by atoms with Gasteiger partial charge in [-0.3, -0.25) is 9.63 Å². The number of ether oxygens (including phenoxy) is 1. The van der Waals surface area contributed by atoms with Crippen LogP contribution in [0.3, 0.4) is 0 Å². The summed E-state index contributed by atoms with van der Waals surface area (Å²) in [5, 5.41) is 26.5. The van der Waals surface area contributed by atoms with E-state index >= 15 is 0 Å². The SMILES string of the molecule is COC1C(CN2O[C@@H](CO)[C@H]([C@H](C)O)[C@H]2C(=O)NC2C[C@H]3C[C@@H]([C@@H]2C)C3(C)C)CCCC1C1CC(CN(C)C)CC(CN(C)C)C1. The van der Waals surface area contributed by atoms with Gasteiger partial charge in [0.2, 0.25) is 5.91 Å². The van der Waals surface area contributed by atoms with Crippen molar-refractivity contribution in [3.63, 3.8) is 0 Å². The fraction of sp³-hybridized carbons (Fsp3) is 0.973. The second kappa shape index (κ2) is 15.0. The Bertz CT molecular complexity index is 990. The van der Waals surface area contributed by atoms with Gasteiger partial charge in [0.1, 0.15) is 12.1 Å². The summed E-state index contributed by atoms with van der Waals surface area (Å²) in [6.45, 7) is 11.4. The van der Waals surface area contributed by atoms with Gasteiger partial charge in [0.25, 0.3) is 0 Å². The summed E-state index contributed by atoms with van der Waals surface area (Å²) >= 11 is 0. The summed E-state index contributed by atoms with van der Waals surface area (Å²) in [4.78, 5) is 25.3. The molecule has 9 heteroatoms. The minimum atomic E-state index is -0.782. The first-order valence-corrected chi connectivity index (χ1v) is 18.6. The molecule has 13 atom stereocenters. The molecule has 1 aliphatic heterocycles. The molecular formula is C37H68N4O5. The highest BCUT2D eigenvalue weighted by molar-refractivity contribution is 5.82. The molecule has 1 amide bonds. The van der Waals surface area contributed by atoms with Gasteiger partial charge in [-0.1, -0.05) is 27.2 Å². The Hall–Kier alpha value is -0.810. The molecule has 0 spiro atoms. The number of hydroxylamine groups is 2. The third-order valence-corrected chi connectivity index (χ3v) is 13.5. The standard InChI is InChI=1S/C37H68N4O5/c1-22-30-16-28(37(30,3)4)17-31(22)38-36(44)34-33(23(2)43)32(21-42)46-41(34)20-26-11-10-12-29(35(26)45-9)27-14-24(18-39(5)6)13-25(15-27)19-40(7)8/h22-35,42-43H,10-21H2,1-9H3,(H,38,44)/t22-,23-,24?,25?,26?,27?,28+,29?,30-,31?,32-,33-,34-,35?/m0/s1. The highest BCUT2D eigenvalue weighted by atomic mass is 16.7. The summed E-state index contributed by atoms with van der Waals surface area (Å²) in [7, 11) is 10.6. The van der Waals surface area contributed by atoms with Crippen LogP contribution in [0, 0.1) is 58.7 Å². The first-order valence-electron chi connectivity index (χ1n) is 18.6. The van der Waals surface area contributed by atoms with E-state index in [0.29, 0.717) is 53.4 Å². The molecular weight excluding hydrogens is 580 g/mol. The number of nitrogens with zero attached hydrogens (tertiary/aromatic N) is 3. The number of nitrogens with one attached hydrogen (secondary N) is 1. The van der Waals surface area contributed by atoms with Crippen molar-refractivity contribution in [3.05, 3.63) is 0 Å². The lowest BCUT2D eigenvalue weighted by molar-refractivity contribution is -0.193. The van der Waals surface area contributed by atoms with Gasteiger partial charge in [0.15, 0.2) is 0 Å². The molecule has 6 rings (SSSR count). The Morgan fingerprint density at radius 3 is 2.22 bits per heavy atom. The first kappa shape index (κ1) is 36.5. The molecule has 5 aliphatic carbocycles. The predicted molar refractivity (Wildman–Crippen MR) is 182 cm³/mol. The number of rotatable bonds is 12. The number of aliphatic hydroxyl groups is 2. The van der Waals surface area contributed by atoms with Crippen LogP contribution in [0.15, 0.2) is 0 Å². The Morgan fingerprint density at radius 2 is 1.70 bits per heavy atom. The van der Waals surface area contributed by atoms with E-state index in [2.05, 4.69) is 64.1 Å². The van der Waals surface area contributed by atoms with Crippen LogP contribution in [0.2, 0.25) is 0 Å². The van der Waals surface area contributed by atoms with Crippen LogP contribution in [0.5, 0.6) is 0 Å². The molecule has 9 nitrogen and oxygen atoms in total. The highest BCUT2D eigenvalue weighted by Gasteiger charge is 2.58. The molecule has 0 aromatic rings. The summed E-state index contributed by atoms with van der Waals surface area (Å²) in [6, 6.07) is -0.506. The van der Waals surface area contributed by atoms with E-state index in [1.165, 1.54) is 32.1 Å². The van der Waals surface area contributed by atoms with E-state index in [9.17, 15) is 15.0 Å². The number of hydrogen-bond acceptors (Lipinski definition) is 8. The fourth-order valence-corrected chi connectivity index (χ4v) is 11.4. The second-order valence-electron chi connectivity index (χ2n) is 17.5. The van der Waals surface area contributed by atoms with Crippen LogP contribution < -0.4 is 5.32 Å². The molecule has 0 radical (unpaired) electrons. The molecule has 266 valence electrons. The Labute approximate surface area is 280 Å². The average molecular weight is 649 g/mol. The van der Waals surface area contributed by atoms with Gasteiger partial charge in [-0.2, -0.15) is 5.06 Å². The maximum Gasteiger partial charge on any atom is 0.240 e. The number of fused-ring (bicyclic) bond motifs is 2. The van der Waals surface area contributed by atoms with Crippen molar-refractivity contribution in [2.45, 2.75) is 109 Å². The van der Waals surface area contributed by atoms with Crippen molar-refractivity contribution in [1.82, 2.24) is 20.2 Å². The summed E-state index contributed by atoms with van der Waals surface area (Å²) < 4.78 is 6.41. The lowest BCUT2D eigenvalue weighted by Crippen LogP contribution is -2.62. The van der Waals surface area contributed by atoms with Crippen molar-refractivity contribution in [2.75, 3.05) is 61.5 Å². The molecule has 6 fully saturated rings. The highest BCUT2D eigenvalue weighted by Crippen LogP contribution is 2.61. The Morgan fingerprint density at radius 1 is 1.04 bits per heavy atom. The van der Waals surface area contributed by atoms with Crippen molar-refractivity contribution >= 4 is 5.91 Å². The van der Waals surface area contributed by atoms with Crippen molar-refractivity contribution in [1.29, 1.82) is 0 Å². The number of aliphatic hydroxyl groups excluding tert-OH is 2. The number of carbonyl (C=O) groups is 1. The zero-order chi connectivity index (χ0) is 33.5. The van der Waals surface area contributed by atoms with Crippen LogP contribution in [0.25, 0.3) is 0 Å². The number of methoxy groups -OCH3 is 1. The molecule has 6 aliphatic rings. The van der Waals surface area contributed by atoms with Crippen molar-refractivity contribution < 1.29 is 24.6 Å². The molecule has 6 unspecified atom stereocenters. The maximum atomic E-state index is 14.2. The maximum absolute atomic E-state index is 14.2. The van der Waals surface area contributed by atoms with E-state index in [0.717, 1.165) is 32.4 Å². The summed E-state index contributed by atoms with van der Waals surface area (Å²) in [5.41, 5.74) is 0.345. The third-order valence-electron chi connectivity index (χ3n) is 13.5. The number of amides is 1. The third kappa shape index (κ3) is 7.51. The van der Waals surface area contributed by atoms with E-state index in [1.807, 2.05) is 12.2 Å². The minimum absolute atomic E-state index is 0.0653. The summed E-state index contributed by atoms with van der Waals surface area (Å²) in [5.74, 6) is 3.83. The van der Waals surface area contributed by atoms with E-state index in [-0.39, 0.29) is 30.6 Å². The summed E-state index contributed by atoms with van der Waals surface area (Å²) in [6.07, 6.45) is 8.12. The van der Waals surface area contributed by atoms with Gasteiger partial charge in [-0.25, -0.2) is 0 Å². The van der Waals surface area contributed by atoms with Crippen LogP contribution >= 0.6 is 0 Å². The fourth-order valence-electron chi connectivity index (χ4n) is 11.4. The lowest BCUT2D eigenvalue weighted by Gasteiger charge is -2.62. The van der Waals surface area contributed by atoms with Gasteiger partial charge in [0, 0.05) is 44.6 Å². The quantitative estimate of drug-likeness (QED) is 0.295. The van der Waals surface area contributed by atoms with Gasteiger partial charge in [-0.15, -0.1) is 0 Å².